The monoisotopic (exact) mass is 324 g/mol. The summed E-state index contributed by atoms with van der Waals surface area (Å²) in [5.74, 6) is 0. The second kappa shape index (κ2) is 6.22. The Bertz CT molecular complexity index is 916. The highest BCUT2D eigenvalue weighted by molar-refractivity contribution is 7.80. The maximum absolute atomic E-state index is 12.8. The molecule has 0 aliphatic heterocycles. The predicted octanol–water partition coefficient (Wildman–Crippen LogP) is 3.02. The number of para-hydroxylation sites is 1. The smallest absolute Gasteiger partial charge is 0.198 e. The summed E-state index contributed by atoms with van der Waals surface area (Å²) in [6.07, 6.45) is 1.47. The van der Waals surface area contributed by atoms with Crippen LogP contribution in [0.3, 0.4) is 0 Å². The van der Waals surface area contributed by atoms with Crippen molar-refractivity contribution >= 4 is 28.3 Å². The summed E-state index contributed by atoms with van der Waals surface area (Å²) in [5, 5.41) is 3.65. The zero-order valence-electron chi connectivity index (χ0n) is 12.6. The maximum atomic E-state index is 12.8. The summed E-state index contributed by atoms with van der Waals surface area (Å²) in [5.41, 5.74) is 8.61. The highest BCUT2D eigenvalue weighted by Gasteiger charge is 2.20. The lowest BCUT2D eigenvalue weighted by Crippen LogP contribution is -2.35. The minimum Gasteiger partial charge on any atom is -0.464 e. The average Bonchev–Trinajstić information content (AvgIpc) is 2.54. The van der Waals surface area contributed by atoms with Crippen molar-refractivity contribution in [2.75, 3.05) is 0 Å². The lowest BCUT2D eigenvalue weighted by Gasteiger charge is -2.19. The first-order chi connectivity index (χ1) is 11.1. The molecule has 3 N–H and O–H groups in total. The molecular formula is C18H16N2O2S. The maximum Gasteiger partial charge on any atom is 0.198 e. The molecule has 0 fully saturated rings. The van der Waals surface area contributed by atoms with Crippen LogP contribution in [-0.2, 0) is 0 Å². The number of hydrogen-bond donors (Lipinski definition) is 2. The van der Waals surface area contributed by atoms with Crippen molar-refractivity contribution in [2.24, 2.45) is 5.73 Å². The van der Waals surface area contributed by atoms with E-state index in [2.05, 4.69) is 5.32 Å². The molecule has 4 nitrogen and oxygen atoms in total. The summed E-state index contributed by atoms with van der Waals surface area (Å²) in [7, 11) is 0. The van der Waals surface area contributed by atoms with Gasteiger partial charge in [-0.25, -0.2) is 0 Å². The molecule has 0 saturated heterocycles. The molecule has 1 aromatic heterocycles. The molecule has 0 radical (unpaired) electrons. The molecule has 116 valence electrons. The molecule has 5 heteroatoms. The van der Waals surface area contributed by atoms with Gasteiger partial charge in [-0.3, -0.25) is 4.79 Å². The van der Waals surface area contributed by atoms with Crippen LogP contribution in [0.1, 0.15) is 22.7 Å². The van der Waals surface area contributed by atoms with Crippen LogP contribution in [0.2, 0.25) is 0 Å². The number of benzene rings is 2. The third-order valence-electron chi connectivity index (χ3n) is 3.72. The summed E-state index contributed by atoms with van der Waals surface area (Å²) in [4.78, 5) is 12.8. The summed E-state index contributed by atoms with van der Waals surface area (Å²) >= 11 is 4.97. The Morgan fingerprint density at radius 1 is 1.17 bits per heavy atom. The van der Waals surface area contributed by atoms with Gasteiger partial charge in [-0.1, -0.05) is 42.0 Å². The quantitative estimate of drug-likeness (QED) is 0.725. The molecule has 1 heterocycles. The van der Waals surface area contributed by atoms with E-state index in [1.54, 1.807) is 12.1 Å². The van der Waals surface area contributed by atoms with Crippen LogP contribution in [0, 0.1) is 6.92 Å². The molecule has 2 aromatic carbocycles. The zero-order chi connectivity index (χ0) is 16.4. The van der Waals surface area contributed by atoms with Gasteiger partial charge in [0.05, 0.1) is 17.0 Å². The van der Waals surface area contributed by atoms with E-state index in [1.165, 1.54) is 6.26 Å². The number of thiocarbonyl (C=S) groups is 1. The second-order valence-electron chi connectivity index (χ2n) is 5.37. The van der Waals surface area contributed by atoms with E-state index in [0.717, 1.165) is 11.1 Å². The normalized spacial score (nSPS) is 12.0. The van der Waals surface area contributed by atoms with E-state index in [1.807, 2.05) is 43.3 Å². The molecule has 3 rings (SSSR count). The van der Waals surface area contributed by atoms with Gasteiger partial charge in [0.1, 0.15) is 11.8 Å². The van der Waals surface area contributed by atoms with Gasteiger partial charge in [0.25, 0.3) is 0 Å². The fraction of sp³-hybridized carbons (Fsp3) is 0.111. The Kier molecular flexibility index (Phi) is 4.12. The first kappa shape index (κ1) is 15.2. The fourth-order valence-electron chi connectivity index (χ4n) is 2.53. The molecule has 3 aromatic rings. The highest BCUT2D eigenvalue weighted by atomic mass is 32.1. The molecule has 0 saturated carbocycles. The van der Waals surface area contributed by atoms with Crippen molar-refractivity contribution in [1.82, 2.24) is 5.32 Å². The van der Waals surface area contributed by atoms with Crippen molar-refractivity contribution in [3.05, 3.63) is 81.7 Å². The topological polar surface area (TPSA) is 68.3 Å². The lowest BCUT2D eigenvalue weighted by atomic mass is 9.98. The van der Waals surface area contributed by atoms with E-state index < -0.39 is 6.04 Å². The summed E-state index contributed by atoms with van der Waals surface area (Å²) in [6.45, 7) is 2.00. The Morgan fingerprint density at radius 3 is 2.57 bits per heavy atom. The van der Waals surface area contributed by atoms with E-state index in [0.29, 0.717) is 16.5 Å². The van der Waals surface area contributed by atoms with Crippen molar-refractivity contribution in [3.8, 4) is 0 Å². The highest BCUT2D eigenvalue weighted by Crippen LogP contribution is 2.22. The van der Waals surface area contributed by atoms with Crippen molar-refractivity contribution < 1.29 is 4.42 Å². The average molecular weight is 324 g/mol. The molecular weight excluding hydrogens is 308 g/mol. The summed E-state index contributed by atoms with van der Waals surface area (Å²) in [6, 6.07) is 14.5. The first-order valence-corrected chi connectivity index (χ1v) is 7.60. The van der Waals surface area contributed by atoms with Crippen LogP contribution in [-0.4, -0.2) is 5.11 Å². The van der Waals surface area contributed by atoms with Gasteiger partial charge in [-0.15, -0.1) is 0 Å². The molecule has 0 aliphatic carbocycles. The number of nitrogens with one attached hydrogen (secondary N) is 1. The molecule has 0 bridgehead atoms. The third kappa shape index (κ3) is 3.10. The van der Waals surface area contributed by atoms with Gasteiger partial charge in [0, 0.05) is 0 Å². The number of hydrogen-bond acceptors (Lipinski definition) is 3. The van der Waals surface area contributed by atoms with Crippen LogP contribution in [0.4, 0.5) is 0 Å². The van der Waals surface area contributed by atoms with Gasteiger partial charge in [-0.2, -0.15) is 0 Å². The molecule has 0 aliphatic rings. The first-order valence-electron chi connectivity index (χ1n) is 7.19. The van der Waals surface area contributed by atoms with Gasteiger partial charge >= 0.3 is 0 Å². The van der Waals surface area contributed by atoms with Gasteiger partial charge in [0.2, 0.25) is 0 Å². The Labute approximate surface area is 138 Å². The van der Waals surface area contributed by atoms with Crippen LogP contribution in [0.15, 0.2) is 64.0 Å². The molecule has 1 atom stereocenters. The van der Waals surface area contributed by atoms with Crippen molar-refractivity contribution in [2.45, 2.75) is 13.0 Å². The van der Waals surface area contributed by atoms with E-state index in [4.69, 9.17) is 22.4 Å². The number of rotatable bonds is 3. The largest absolute Gasteiger partial charge is 0.464 e. The minimum absolute atomic E-state index is 0.0961. The Balaban J connectivity index is 2.17. The number of fused-ring (bicyclic) bond motifs is 1. The minimum atomic E-state index is -0.450. The van der Waals surface area contributed by atoms with Crippen molar-refractivity contribution in [3.63, 3.8) is 0 Å². The molecule has 0 spiro atoms. The van der Waals surface area contributed by atoms with Crippen molar-refractivity contribution in [1.29, 1.82) is 0 Å². The predicted molar refractivity (Wildman–Crippen MR) is 95.4 cm³/mol. The number of aryl methyl sites for hydroxylation is 1. The van der Waals surface area contributed by atoms with Gasteiger partial charge in [-0.05, 0) is 36.8 Å². The SMILES string of the molecule is Cc1ccc(C(NC(N)=S)c2coc3ccccc3c2=O)cc1. The lowest BCUT2D eigenvalue weighted by molar-refractivity contribution is 0.580. The van der Waals surface area contributed by atoms with Crippen LogP contribution >= 0.6 is 12.2 Å². The van der Waals surface area contributed by atoms with Crippen LogP contribution in [0.5, 0.6) is 0 Å². The Hall–Kier alpha value is -2.66. The van der Waals surface area contributed by atoms with E-state index >= 15 is 0 Å². The summed E-state index contributed by atoms with van der Waals surface area (Å²) < 4.78 is 5.61. The van der Waals surface area contributed by atoms with Crippen LogP contribution in [0.25, 0.3) is 11.0 Å². The molecule has 23 heavy (non-hydrogen) atoms. The second-order valence-corrected chi connectivity index (χ2v) is 5.81. The van der Waals surface area contributed by atoms with Gasteiger partial charge in [0.15, 0.2) is 10.5 Å². The standard InChI is InChI=1S/C18H16N2O2S/c1-11-6-8-12(9-7-11)16(20-18(19)23)14-10-22-15-5-3-2-4-13(15)17(14)21/h2-10,16H,1H3,(H3,19,20,23). The van der Waals surface area contributed by atoms with E-state index in [9.17, 15) is 4.79 Å². The van der Waals surface area contributed by atoms with E-state index in [-0.39, 0.29) is 10.5 Å². The van der Waals surface area contributed by atoms with Crippen LogP contribution < -0.4 is 16.5 Å². The Morgan fingerprint density at radius 2 is 1.87 bits per heavy atom. The fourth-order valence-corrected chi connectivity index (χ4v) is 2.65. The zero-order valence-corrected chi connectivity index (χ0v) is 13.4. The number of nitrogens with two attached hydrogens (primary N) is 1. The van der Waals surface area contributed by atoms with Gasteiger partial charge < -0.3 is 15.5 Å². The molecule has 1 unspecified atom stereocenters. The third-order valence-corrected chi connectivity index (χ3v) is 3.83. The molecule has 0 amide bonds.